The molecule has 6 rings (SSSR count). The Balaban J connectivity index is 1.28. The molecule has 0 atom stereocenters. The van der Waals surface area contributed by atoms with E-state index in [1.54, 1.807) is 18.2 Å². The number of para-hydroxylation sites is 1. The van der Waals surface area contributed by atoms with Crippen molar-refractivity contribution in [2.75, 3.05) is 17.7 Å². The molecule has 6 aromatic rings. The molecule has 7 N–H and O–H groups in total. The van der Waals surface area contributed by atoms with Gasteiger partial charge in [0.05, 0.1) is 18.4 Å². The summed E-state index contributed by atoms with van der Waals surface area (Å²) in [5, 5.41) is 52.0. The molecule has 2 amide bonds. The maximum absolute atomic E-state index is 13.0. The first-order valence-corrected chi connectivity index (χ1v) is 18.3. The molecule has 0 bridgehead atoms. The first-order chi connectivity index (χ1) is 26.0. The number of carboxylic acids is 1. The van der Waals surface area contributed by atoms with Gasteiger partial charge in [0.15, 0.2) is 11.5 Å². The Hall–Kier alpha value is -7.00. The fourth-order valence-corrected chi connectivity index (χ4v) is 6.68. The van der Waals surface area contributed by atoms with E-state index in [0.717, 1.165) is 18.2 Å². The minimum atomic E-state index is -5.00. The van der Waals surface area contributed by atoms with Crippen LogP contribution in [-0.4, -0.2) is 60.4 Å². The summed E-state index contributed by atoms with van der Waals surface area (Å²) in [4.78, 5) is 22.7. The van der Waals surface area contributed by atoms with Gasteiger partial charge in [-0.05, 0) is 89.6 Å². The molecule has 18 nitrogen and oxygen atoms in total. The molecule has 0 saturated heterocycles. The number of amides is 2. The number of carbonyl (C=O) groups is 2. The monoisotopic (exact) mass is 786 g/mol. The number of rotatable bonds is 10. The number of carboxylic acid groups (broad SMARTS) is 1. The Morgan fingerprint density at radius 2 is 1.16 bits per heavy atom. The highest BCUT2D eigenvalue weighted by Gasteiger charge is 2.24. The first-order valence-electron chi connectivity index (χ1n) is 15.5. The summed E-state index contributed by atoms with van der Waals surface area (Å²) in [5.41, 5.74) is -0.840. The quantitative estimate of drug-likeness (QED) is 0.0512. The molecule has 0 heterocycles. The van der Waals surface area contributed by atoms with Crippen LogP contribution < -0.4 is 15.4 Å². The van der Waals surface area contributed by atoms with Gasteiger partial charge in [0.25, 0.3) is 20.2 Å². The summed E-state index contributed by atoms with van der Waals surface area (Å²) in [6, 6.07) is 20.9. The van der Waals surface area contributed by atoms with Crippen LogP contribution in [0.2, 0.25) is 0 Å². The number of azo groups is 2. The number of methoxy groups -OCH3 is 1. The minimum absolute atomic E-state index is 0.0183. The molecule has 55 heavy (non-hydrogen) atoms. The summed E-state index contributed by atoms with van der Waals surface area (Å²) >= 11 is 0. The number of nitrogens with one attached hydrogen (secondary N) is 2. The maximum Gasteiger partial charge on any atom is 0.335 e. The molecule has 0 aliphatic heterocycles. The van der Waals surface area contributed by atoms with Gasteiger partial charge in [0, 0.05) is 22.1 Å². The van der Waals surface area contributed by atoms with Crippen molar-refractivity contribution in [1.82, 2.24) is 0 Å². The second-order valence-electron chi connectivity index (χ2n) is 11.5. The predicted molar refractivity (Wildman–Crippen MR) is 198 cm³/mol. The fourth-order valence-electron chi connectivity index (χ4n) is 5.36. The molecular weight excluding hydrogens is 761 g/mol. The van der Waals surface area contributed by atoms with Crippen molar-refractivity contribution >= 4 is 87.9 Å². The van der Waals surface area contributed by atoms with E-state index in [1.807, 2.05) is 0 Å². The standard InChI is InChI=1S/C35H26N6O12S2/c1-53-27-8-3-2-7-26(27)39-41-31-29(55(50,51)52)17-20-15-22(10-12-25(20)33(31)43)37-35(46)36-21-9-11-24-19(14-21)16-28(54(47,48)49)30(32(24)42)40-38-23-6-4-5-18(13-23)34(44)45/h2-17,42-43H,1H3,(H,44,45)(H2,36,37,46)(H,47,48,49)(H,50,51,52). The zero-order valence-electron chi connectivity index (χ0n) is 27.9. The van der Waals surface area contributed by atoms with Gasteiger partial charge in [-0.1, -0.05) is 18.2 Å². The van der Waals surface area contributed by atoms with Gasteiger partial charge in [0.2, 0.25) is 0 Å². The molecule has 0 aromatic heterocycles. The number of phenols is 2. The van der Waals surface area contributed by atoms with Gasteiger partial charge in [-0.2, -0.15) is 21.9 Å². The van der Waals surface area contributed by atoms with E-state index in [-0.39, 0.29) is 49.9 Å². The molecule has 0 unspecified atom stereocenters. The summed E-state index contributed by atoms with van der Waals surface area (Å²) in [7, 11) is -8.55. The number of ether oxygens (including phenoxy) is 1. The van der Waals surface area contributed by atoms with Crippen LogP contribution >= 0.6 is 0 Å². The van der Waals surface area contributed by atoms with Crippen molar-refractivity contribution in [3.05, 3.63) is 103 Å². The highest BCUT2D eigenvalue weighted by Crippen LogP contribution is 2.44. The highest BCUT2D eigenvalue weighted by molar-refractivity contribution is 7.86. The lowest BCUT2D eigenvalue weighted by atomic mass is 10.1. The number of aromatic hydroxyl groups is 2. The van der Waals surface area contributed by atoms with Crippen LogP contribution in [0, 0.1) is 0 Å². The molecule has 280 valence electrons. The number of anilines is 2. The van der Waals surface area contributed by atoms with Crippen molar-refractivity contribution in [3.63, 3.8) is 0 Å². The van der Waals surface area contributed by atoms with Gasteiger partial charge in [-0.3, -0.25) is 9.11 Å². The number of hydrogen-bond donors (Lipinski definition) is 7. The number of carbonyl (C=O) groups excluding carboxylic acids is 1. The number of phenolic OH excluding ortho intramolecular Hbond substituents is 2. The van der Waals surface area contributed by atoms with Crippen molar-refractivity contribution in [2.45, 2.75) is 9.79 Å². The van der Waals surface area contributed by atoms with E-state index in [0.29, 0.717) is 5.75 Å². The van der Waals surface area contributed by atoms with Crippen LogP contribution in [-0.2, 0) is 20.2 Å². The van der Waals surface area contributed by atoms with E-state index >= 15 is 0 Å². The molecule has 0 radical (unpaired) electrons. The largest absolute Gasteiger partial charge is 0.505 e. The van der Waals surface area contributed by atoms with Gasteiger partial charge < -0.3 is 30.7 Å². The highest BCUT2D eigenvalue weighted by atomic mass is 32.2. The third-order valence-electron chi connectivity index (χ3n) is 7.87. The number of fused-ring (bicyclic) bond motifs is 2. The summed E-state index contributed by atoms with van der Waals surface area (Å²) in [5.74, 6) is -2.24. The topological polar surface area (TPSA) is 286 Å². The van der Waals surface area contributed by atoms with Crippen LogP contribution in [0.1, 0.15) is 10.4 Å². The first kappa shape index (κ1) is 37.7. The van der Waals surface area contributed by atoms with Crippen molar-refractivity contribution in [1.29, 1.82) is 0 Å². The van der Waals surface area contributed by atoms with E-state index in [2.05, 4.69) is 31.1 Å². The Kier molecular flexibility index (Phi) is 10.2. The summed E-state index contributed by atoms with van der Waals surface area (Å²) < 4.78 is 74.4. The third kappa shape index (κ3) is 8.16. The Labute approximate surface area is 310 Å². The third-order valence-corrected chi connectivity index (χ3v) is 9.61. The van der Waals surface area contributed by atoms with Crippen LogP contribution in [0.15, 0.2) is 127 Å². The van der Waals surface area contributed by atoms with E-state index in [9.17, 15) is 50.8 Å². The number of hydrogen-bond acceptors (Lipinski definition) is 13. The molecular formula is C35H26N6O12S2. The number of aromatic carboxylic acids is 1. The normalized spacial score (nSPS) is 12.1. The van der Waals surface area contributed by atoms with Crippen molar-refractivity contribution in [2.24, 2.45) is 20.5 Å². The predicted octanol–water partition coefficient (Wildman–Crippen LogP) is 8.08. The molecule has 0 aliphatic carbocycles. The molecule has 0 aliphatic rings. The lowest BCUT2D eigenvalue weighted by Crippen LogP contribution is -2.19. The number of urea groups is 1. The number of nitrogens with zero attached hydrogens (tertiary/aromatic N) is 4. The molecule has 0 spiro atoms. The van der Waals surface area contributed by atoms with Crippen LogP contribution in [0.25, 0.3) is 21.5 Å². The molecule has 6 aromatic carbocycles. The Bertz CT molecular complexity index is 2850. The second-order valence-corrected chi connectivity index (χ2v) is 14.3. The summed E-state index contributed by atoms with van der Waals surface area (Å²) in [6.45, 7) is 0. The minimum Gasteiger partial charge on any atom is -0.505 e. The van der Waals surface area contributed by atoms with Crippen LogP contribution in [0.3, 0.4) is 0 Å². The SMILES string of the molecule is COc1ccccc1N=Nc1c(S(=O)(=O)O)cc2cc(NC(=O)Nc3ccc4c(O)c(N=Nc5cccc(C(=O)O)c5)c(S(=O)(=O)O)cc4c3)ccc2c1O. The molecule has 20 heteroatoms. The Morgan fingerprint density at radius 3 is 1.67 bits per heavy atom. The lowest BCUT2D eigenvalue weighted by Gasteiger charge is -2.13. The molecule has 0 fully saturated rings. The Morgan fingerprint density at radius 1 is 0.636 bits per heavy atom. The van der Waals surface area contributed by atoms with E-state index in [1.165, 1.54) is 67.8 Å². The van der Waals surface area contributed by atoms with Crippen molar-refractivity contribution in [3.8, 4) is 17.2 Å². The van der Waals surface area contributed by atoms with Crippen molar-refractivity contribution < 1.29 is 55.6 Å². The number of benzene rings is 6. The zero-order valence-corrected chi connectivity index (χ0v) is 29.6. The smallest absolute Gasteiger partial charge is 0.335 e. The van der Waals surface area contributed by atoms with Crippen LogP contribution in [0.5, 0.6) is 17.2 Å². The van der Waals surface area contributed by atoms with Gasteiger partial charge >= 0.3 is 12.0 Å². The average Bonchev–Trinajstić information content (AvgIpc) is 3.13. The summed E-state index contributed by atoms with van der Waals surface area (Å²) in [6.07, 6.45) is 0. The second kappa shape index (κ2) is 14.8. The van der Waals surface area contributed by atoms with Gasteiger partial charge in [0.1, 0.15) is 32.6 Å². The average molecular weight is 787 g/mol. The fraction of sp³-hybridized carbons (Fsp3) is 0.0286. The zero-order chi connectivity index (χ0) is 39.7. The van der Waals surface area contributed by atoms with E-state index in [4.69, 9.17) is 4.74 Å². The maximum atomic E-state index is 13.0. The lowest BCUT2D eigenvalue weighted by molar-refractivity contribution is 0.0696. The van der Waals surface area contributed by atoms with E-state index < -0.39 is 64.9 Å². The van der Waals surface area contributed by atoms with Crippen LogP contribution in [0.4, 0.5) is 38.9 Å². The van der Waals surface area contributed by atoms with Gasteiger partial charge in [-0.15, -0.1) is 15.3 Å². The molecule has 0 saturated carbocycles. The van der Waals surface area contributed by atoms with Gasteiger partial charge in [-0.25, -0.2) is 9.59 Å².